The molecule has 1 fully saturated rings. The summed E-state index contributed by atoms with van der Waals surface area (Å²) in [7, 11) is 0. The Bertz CT molecular complexity index is 665. The van der Waals surface area contributed by atoms with Gasteiger partial charge in [-0.2, -0.15) is 5.10 Å². The molecule has 0 atom stereocenters. The number of nitrogens with zero attached hydrogens (tertiary/aromatic N) is 2. The van der Waals surface area contributed by atoms with E-state index in [0.717, 1.165) is 37.3 Å². The van der Waals surface area contributed by atoms with Crippen LogP contribution in [0.25, 0.3) is 5.69 Å². The molecule has 1 saturated heterocycles. The lowest BCUT2D eigenvalue weighted by molar-refractivity contribution is -0.120. The van der Waals surface area contributed by atoms with Crippen LogP contribution in [0.5, 0.6) is 0 Å². The van der Waals surface area contributed by atoms with Gasteiger partial charge in [0, 0.05) is 12.0 Å². The normalized spacial score (nSPS) is 15.0. The number of carbonyl (C=O) groups is 1. The minimum atomic E-state index is -0.298. The molecule has 1 aromatic heterocycles. The van der Waals surface area contributed by atoms with E-state index in [1.165, 1.54) is 12.1 Å². The highest BCUT2D eigenvalue weighted by Crippen LogP contribution is 2.20. The van der Waals surface area contributed by atoms with Crippen LogP contribution in [0.3, 0.4) is 0 Å². The molecule has 1 aromatic carbocycles. The molecule has 1 amide bonds. The molecule has 0 saturated carbocycles. The van der Waals surface area contributed by atoms with Gasteiger partial charge in [-0.25, -0.2) is 9.07 Å². The minimum Gasteiger partial charge on any atom is -0.317 e. The van der Waals surface area contributed by atoms with Crippen molar-refractivity contribution in [3.63, 3.8) is 0 Å². The van der Waals surface area contributed by atoms with E-state index in [0.29, 0.717) is 5.82 Å². The first kappa shape index (κ1) is 17.4. The predicted molar refractivity (Wildman–Crippen MR) is 89.7 cm³/mol. The number of piperidine rings is 1. The fourth-order valence-corrected chi connectivity index (χ4v) is 2.68. The van der Waals surface area contributed by atoms with Crippen molar-refractivity contribution in [2.24, 2.45) is 5.92 Å². The van der Waals surface area contributed by atoms with Gasteiger partial charge in [-0.05, 0) is 57.1 Å². The van der Waals surface area contributed by atoms with Gasteiger partial charge in [0.2, 0.25) is 5.91 Å². The third kappa shape index (κ3) is 4.09. The van der Waals surface area contributed by atoms with Crippen molar-refractivity contribution in [1.82, 2.24) is 15.1 Å². The number of nitrogens with one attached hydrogen (secondary N) is 2. The van der Waals surface area contributed by atoms with Crippen LogP contribution in [0.15, 0.2) is 30.3 Å². The topological polar surface area (TPSA) is 59.0 Å². The molecule has 1 aliphatic heterocycles. The Labute approximate surface area is 140 Å². The zero-order chi connectivity index (χ0) is 15.5. The average molecular weight is 339 g/mol. The number of aromatic nitrogens is 2. The van der Waals surface area contributed by atoms with Gasteiger partial charge in [0.25, 0.3) is 0 Å². The number of amides is 1. The van der Waals surface area contributed by atoms with E-state index in [-0.39, 0.29) is 30.0 Å². The van der Waals surface area contributed by atoms with E-state index >= 15 is 0 Å². The Kier molecular flexibility index (Phi) is 5.74. The van der Waals surface area contributed by atoms with E-state index in [2.05, 4.69) is 15.7 Å². The molecular formula is C16H20ClFN4O. The lowest BCUT2D eigenvalue weighted by Gasteiger charge is -2.21. The first-order valence-electron chi connectivity index (χ1n) is 7.47. The summed E-state index contributed by atoms with van der Waals surface area (Å²) in [5.74, 6) is 0.364. The summed E-state index contributed by atoms with van der Waals surface area (Å²) in [5.41, 5.74) is 1.51. The van der Waals surface area contributed by atoms with E-state index in [1.54, 1.807) is 16.8 Å². The quantitative estimate of drug-likeness (QED) is 0.904. The standard InChI is InChI=1S/C16H19FN4O.ClH/c1-11-10-15(19-16(22)12-6-8-18-9-7-12)21(20-11)14-4-2-13(17)3-5-14;/h2-5,10,12,18H,6-9H2,1H3,(H,19,22);1H. The first-order chi connectivity index (χ1) is 10.6. The van der Waals surface area contributed by atoms with Crippen LogP contribution in [-0.4, -0.2) is 28.8 Å². The average Bonchev–Trinajstić information content (AvgIpc) is 2.89. The van der Waals surface area contributed by atoms with Crippen LogP contribution in [0.2, 0.25) is 0 Å². The van der Waals surface area contributed by atoms with Gasteiger partial charge in [0.05, 0.1) is 11.4 Å². The second-order valence-electron chi connectivity index (χ2n) is 5.57. The monoisotopic (exact) mass is 338 g/mol. The van der Waals surface area contributed by atoms with Gasteiger partial charge >= 0.3 is 0 Å². The Balaban J connectivity index is 0.00000192. The lowest BCUT2D eigenvalue weighted by atomic mass is 9.97. The first-order valence-corrected chi connectivity index (χ1v) is 7.47. The maximum absolute atomic E-state index is 13.1. The van der Waals surface area contributed by atoms with Crippen molar-refractivity contribution in [2.75, 3.05) is 18.4 Å². The minimum absolute atomic E-state index is 0. The number of hydrogen-bond donors (Lipinski definition) is 2. The predicted octanol–water partition coefficient (Wildman–Crippen LogP) is 2.68. The highest BCUT2D eigenvalue weighted by Gasteiger charge is 2.22. The van der Waals surface area contributed by atoms with Crippen LogP contribution >= 0.6 is 12.4 Å². The molecule has 1 aliphatic rings. The fourth-order valence-electron chi connectivity index (χ4n) is 2.68. The second kappa shape index (κ2) is 7.57. The SMILES string of the molecule is Cc1cc(NC(=O)C2CCNCC2)n(-c2ccc(F)cc2)n1.Cl. The number of carbonyl (C=O) groups excluding carboxylic acids is 1. The van der Waals surface area contributed by atoms with E-state index in [9.17, 15) is 9.18 Å². The highest BCUT2D eigenvalue weighted by atomic mass is 35.5. The smallest absolute Gasteiger partial charge is 0.228 e. The molecule has 2 heterocycles. The summed E-state index contributed by atoms with van der Waals surface area (Å²) in [6.07, 6.45) is 1.69. The fraction of sp³-hybridized carbons (Fsp3) is 0.375. The number of rotatable bonds is 3. The Morgan fingerprint density at radius 2 is 1.96 bits per heavy atom. The van der Waals surface area contributed by atoms with Crippen molar-refractivity contribution in [3.8, 4) is 5.69 Å². The summed E-state index contributed by atoms with van der Waals surface area (Å²) >= 11 is 0. The second-order valence-corrected chi connectivity index (χ2v) is 5.57. The molecule has 2 N–H and O–H groups in total. The molecule has 23 heavy (non-hydrogen) atoms. The van der Waals surface area contributed by atoms with Crippen molar-refractivity contribution in [2.45, 2.75) is 19.8 Å². The molecule has 124 valence electrons. The number of hydrogen-bond acceptors (Lipinski definition) is 3. The van der Waals surface area contributed by atoms with Gasteiger partial charge in [-0.1, -0.05) is 0 Å². The van der Waals surface area contributed by atoms with E-state index in [4.69, 9.17) is 0 Å². The van der Waals surface area contributed by atoms with Gasteiger partial charge in [-0.3, -0.25) is 4.79 Å². The Hall–Kier alpha value is -1.92. The van der Waals surface area contributed by atoms with Gasteiger partial charge < -0.3 is 10.6 Å². The zero-order valence-corrected chi connectivity index (χ0v) is 13.7. The van der Waals surface area contributed by atoms with Gasteiger partial charge in [0.15, 0.2) is 0 Å². The third-order valence-electron chi connectivity index (χ3n) is 3.86. The number of aryl methyl sites for hydroxylation is 1. The number of anilines is 1. The van der Waals surface area contributed by atoms with Crippen molar-refractivity contribution < 1.29 is 9.18 Å². The van der Waals surface area contributed by atoms with Crippen LogP contribution < -0.4 is 10.6 Å². The molecule has 0 spiro atoms. The molecule has 5 nitrogen and oxygen atoms in total. The third-order valence-corrected chi connectivity index (χ3v) is 3.86. The van der Waals surface area contributed by atoms with Crippen LogP contribution in [-0.2, 0) is 4.79 Å². The Morgan fingerprint density at radius 1 is 1.30 bits per heavy atom. The summed E-state index contributed by atoms with van der Waals surface area (Å²) < 4.78 is 14.7. The maximum atomic E-state index is 13.1. The largest absolute Gasteiger partial charge is 0.317 e. The van der Waals surface area contributed by atoms with Crippen LogP contribution in [0.4, 0.5) is 10.2 Å². The number of benzene rings is 1. The maximum Gasteiger partial charge on any atom is 0.228 e. The van der Waals surface area contributed by atoms with Crippen molar-refractivity contribution in [3.05, 3.63) is 41.8 Å². The molecule has 2 aromatic rings. The van der Waals surface area contributed by atoms with Crippen LogP contribution in [0.1, 0.15) is 18.5 Å². The molecule has 3 rings (SSSR count). The van der Waals surface area contributed by atoms with Crippen molar-refractivity contribution >= 4 is 24.1 Å². The Morgan fingerprint density at radius 3 is 2.61 bits per heavy atom. The summed E-state index contributed by atoms with van der Waals surface area (Å²) in [6, 6.07) is 7.86. The molecular weight excluding hydrogens is 319 g/mol. The summed E-state index contributed by atoms with van der Waals surface area (Å²) in [6.45, 7) is 3.60. The van der Waals surface area contributed by atoms with E-state index in [1.807, 2.05) is 13.0 Å². The number of halogens is 2. The molecule has 0 unspecified atom stereocenters. The summed E-state index contributed by atoms with van der Waals surface area (Å²) in [5, 5.41) is 10.6. The molecule has 0 radical (unpaired) electrons. The lowest BCUT2D eigenvalue weighted by Crippen LogP contribution is -2.35. The zero-order valence-electron chi connectivity index (χ0n) is 12.9. The van der Waals surface area contributed by atoms with Crippen molar-refractivity contribution in [1.29, 1.82) is 0 Å². The molecule has 0 aliphatic carbocycles. The van der Waals surface area contributed by atoms with Gasteiger partial charge in [-0.15, -0.1) is 12.4 Å². The summed E-state index contributed by atoms with van der Waals surface area (Å²) in [4.78, 5) is 12.4. The van der Waals surface area contributed by atoms with Crippen LogP contribution in [0, 0.1) is 18.7 Å². The molecule has 7 heteroatoms. The van der Waals surface area contributed by atoms with E-state index < -0.39 is 0 Å². The van der Waals surface area contributed by atoms with Gasteiger partial charge in [0.1, 0.15) is 11.6 Å². The highest BCUT2D eigenvalue weighted by molar-refractivity contribution is 5.92. The molecule has 0 bridgehead atoms.